The highest BCUT2D eigenvalue weighted by Crippen LogP contribution is 2.23. The Kier molecular flexibility index (Phi) is 5.01. The molecule has 4 rings (SSSR count). The van der Waals surface area contributed by atoms with Crippen molar-refractivity contribution in [1.82, 2.24) is 15.2 Å². The lowest BCUT2D eigenvalue weighted by Crippen LogP contribution is -2.47. The summed E-state index contributed by atoms with van der Waals surface area (Å²) in [6.45, 7) is 5.30. The standard InChI is InChI=1S/C20H20F2N6/c1-14-4-2-5-15(12-14)27-8-10-28(11-9-27)18-13-23-26-20(24-18)25-19-16(21)6-3-7-17(19)22/h2-7,12-13H,8-11H2,1H3,(H,24,25,26). The molecule has 1 fully saturated rings. The first kappa shape index (κ1) is 18.1. The van der Waals surface area contributed by atoms with Crippen molar-refractivity contribution in [2.75, 3.05) is 41.3 Å². The lowest BCUT2D eigenvalue weighted by Gasteiger charge is -2.36. The summed E-state index contributed by atoms with van der Waals surface area (Å²) in [6, 6.07) is 12.1. The number of halogens is 2. The zero-order valence-electron chi connectivity index (χ0n) is 15.4. The molecule has 0 bridgehead atoms. The molecule has 144 valence electrons. The van der Waals surface area contributed by atoms with Gasteiger partial charge in [0.1, 0.15) is 17.3 Å². The number of para-hydroxylation sites is 1. The minimum atomic E-state index is -0.708. The van der Waals surface area contributed by atoms with Crippen molar-refractivity contribution in [3.05, 3.63) is 65.9 Å². The van der Waals surface area contributed by atoms with E-state index in [9.17, 15) is 8.78 Å². The average Bonchev–Trinajstić information content (AvgIpc) is 2.71. The van der Waals surface area contributed by atoms with Crippen molar-refractivity contribution < 1.29 is 8.78 Å². The Morgan fingerprint density at radius 3 is 2.32 bits per heavy atom. The van der Waals surface area contributed by atoms with Gasteiger partial charge in [0.15, 0.2) is 5.82 Å². The summed E-state index contributed by atoms with van der Waals surface area (Å²) in [7, 11) is 0. The number of nitrogens with zero attached hydrogens (tertiary/aromatic N) is 5. The van der Waals surface area contributed by atoms with Gasteiger partial charge in [0.05, 0.1) is 6.20 Å². The molecular weight excluding hydrogens is 362 g/mol. The minimum Gasteiger partial charge on any atom is -0.368 e. The third-order valence-corrected chi connectivity index (χ3v) is 4.72. The Morgan fingerprint density at radius 1 is 0.929 bits per heavy atom. The molecule has 0 unspecified atom stereocenters. The van der Waals surface area contributed by atoms with Crippen molar-refractivity contribution in [2.24, 2.45) is 0 Å². The van der Waals surface area contributed by atoms with Crippen LogP contribution in [0.5, 0.6) is 0 Å². The van der Waals surface area contributed by atoms with Crippen LogP contribution in [0, 0.1) is 18.6 Å². The van der Waals surface area contributed by atoms with E-state index in [4.69, 9.17) is 0 Å². The fourth-order valence-electron chi connectivity index (χ4n) is 3.25. The Labute approximate surface area is 161 Å². The zero-order valence-corrected chi connectivity index (χ0v) is 15.4. The number of nitrogens with one attached hydrogen (secondary N) is 1. The van der Waals surface area contributed by atoms with Crippen LogP contribution in [0.1, 0.15) is 5.56 Å². The third kappa shape index (κ3) is 3.85. The van der Waals surface area contributed by atoms with Gasteiger partial charge in [-0.3, -0.25) is 0 Å². The van der Waals surface area contributed by atoms with Crippen LogP contribution in [0.3, 0.4) is 0 Å². The minimum absolute atomic E-state index is 0.0580. The quantitative estimate of drug-likeness (QED) is 0.745. The second-order valence-corrected chi connectivity index (χ2v) is 6.67. The molecular formula is C20H20F2N6. The van der Waals surface area contributed by atoms with E-state index in [0.717, 1.165) is 26.2 Å². The van der Waals surface area contributed by atoms with Crippen LogP contribution in [-0.4, -0.2) is 41.4 Å². The van der Waals surface area contributed by atoms with Gasteiger partial charge in [0.25, 0.3) is 0 Å². The second kappa shape index (κ2) is 7.75. The molecule has 0 spiro atoms. The SMILES string of the molecule is Cc1cccc(N2CCN(c3cnnc(Nc4c(F)cccc4F)n3)CC2)c1. The molecule has 2 heterocycles. The molecule has 2 aromatic carbocycles. The maximum Gasteiger partial charge on any atom is 0.249 e. The summed E-state index contributed by atoms with van der Waals surface area (Å²) >= 11 is 0. The molecule has 0 amide bonds. The van der Waals surface area contributed by atoms with Gasteiger partial charge in [0.2, 0.25) is 5.95 Å². The number of benzene rings is 2. The highest BCUT2D eigenvalue weighted by atomic mass is 19.1. The molecule has 0 atom stereocenters. The van der Waals surface area contributed by atoms with Crippen LogP contribution in [0.25, 0.3) is 0 Å². The Hall–Kier alpha value is -3.29. The lowest BCUT2D eigenvalue weighted by atomic mass is 10.2. The number of aryl methyl sites for hydroxylation is 1. The molecule has 0 saturated carbocycles. The number of piperazine rings is 1. The van der Waals surface area contributed by atoms with Crippen LogP contribution in [0.15, 0.2) is 48.7 Å². The summed E-state index contributed by atoms with van der Waals surface area (Å²) in [6.07, 6.45) is 1.56. The Bertz CT molecular complexity index is 952. The van der Waals surface area contributed by atoms with E-state index in [1.165, 1.54) is 29.4 Å². The maximum absolute atomic E-state index is 13.8. The van der Waals surface area contributed by atoms with E-state index < -0.39 is 11.6 Å². The van der Waals surface area contributed by atoms with E-state index in [1.54, 1.807) is 6.20 Å². The van der Waals surface area contributed by atoms with E-state index in [1.807, 2.05) is 0 Å². The Morgan fingerprint density at radius 2 is 1.61 bits per heavy atom. The smallest absolute Gasteiger partial charge is 0.249 e. The van der Waals surface area contributed by atoms with Gasteiger partial charge in [-0.2, -0.15) is 10.1 Å². The molecule has 6 nitrogen and oxygen atoms in total. The van der Waals surface area contributed by atoms with Crippen molar-refractivity contribution in [2.45, 2.75) is 6.92 Å². The summed E-state index contributed by atoms with van der Waals surface area (Å²) < 4.78 is 27.7. The fraction of sp³-hybridized carbons (Fsp3) is 0.250. The van der Waals surface area contributed by atoms with E-state index in [2.05, 4.69) is 61.5 Å². The second-order valence-electron chi connectivity index (χ2n) is 6.67. The van der Waals surface area contributed by atoms with Gasteiger partial charge in [0, 0.05) is 31.9 Å². The first-order valence-corrected chi connectivity index (χ1v) is 9.07. The summed E-state index contributed by atoms with van der Waals surface area (Å²) in [5.74, 6) is -0.734. The fourth-order valence-corrected chi connectivity index (χ4v) is 3.25. The number of rotatable bonds is 4. The lowest BCUT2D eigenvalue weighted by molar-refractivity contribution is 0.590. The first-order valence-electron chi connectivity index (χ1n) is 9.07. The highest BCUT2D eigenvalue weighted by molar-refractivity contribution is 5.56. The predicted molar refractivity (Wildman–Crippen MR) is 105 cm³/mol. The predicted octanol–water partition coefficient (Wildman–Crippen LogP) is 3.53. The molecule has 0 radical (unpaired) electrons. The Balaban J connectivity index is 1.45. The third-order valence-electron chi connectivity index (χ3n) is 4.72. The molecule has 1 N–H and O–H groups in total. The largest absolute Gasteiger partial charge is 0.368 e. The maximum atomic E-state index is 13.8. The van der Waals surface area contributed by atoms with E-state index in [-0.39, 0.29) is 11.6 Å². The highest BCUT2D eigenvalue weighted by Gasteiger charge is 2.20. The molecule has 1 aliphatic heterocycles. The number of hydrogen-bond donors (Lipinski definition) is 1. The van der Waals surface area contributed by atoms with Gasteiger partial charge < -0.3 is 15.1 Å². The number of hydrogen-bond acceptors (Lipinski definition) is 6. The van der Waals surface area contributed by atoms with Crippen molar-refractivity contribution >= 4 is 23.1 Å². The van der Waals surface area contributed by atoms with Crippen LogP contribution in [-0.2, 0) is 0 Å². The van der Waals surface area contributed by atoms with Crippen molar-refractivity contribution in [3.8, 4) is 0 Å². The molecule has 3 aromatic rings. The monoisotopic (exact) mass is 382 g/mol. The van der Waals surface area contributed by atoms with E-state index >= 15 is 0 Å². The molecule has 8 heteroatoms. The van der Waals surface area contributed by atoms with Crippen LogP contribution >= 0.6 is 0 Å². The summed E-state index contributed by atoms with van der Waals surface area (Å²) in [5, 5.41) is 10.4. The van der Waals surface area contributed by atoms with Crippen molar-refractivity contribution in [1.29, 1.82) is 0 Å². The van der Waals surface area contributed by atoms with Gasteiger partial charge in [-0.1, -0.05) is 18.2 Å². The van der Waals surface area contributed by atoms with E-state index in [0.29, 0.717) is 5.82 Å². The average molecular weight is 382 g/mol. The molecule has 28 heavy (non-hydrogen) atoms. The zero-order chi connectivity index (χ0) is 19.5. The topological polar surface area (TPSA) is 57.2 Å². The van der Waals surface area contributed by atoms with Crippen LogP contribution in [0.2, 0.25) is 0 Å². The first-order chi connectivity index (χ1) is 13.6. The molecule has 1 aliphatic rings. The number of anilines is 4. The number of aromatic nitrogens is 3. The summed E-state index contributed by atoms with van der Waals surface area (Å²) in [4.78, 5) is 8.79. The van der Waals surface area contributed by atoms with Crippen LogP contribution < -0.4 is 15.1 Å². The van der Waals surface area contributed by atoms with Gasteiger partial charge in [-0.05, 0) is 36.8 Å². The van der Waals surface area contributed by atoms with Gasteiger partial charge >= 0.3 is 0 Å². The van der Waals surface area contributed by atoms with Gasteiger partial charge in [-0.15, -0.1) is 5.10 Å². The van der Waals surface area contributed by atoms with Crippen LogP contribution in [0.4, 0.5) is 31.9 Å². The molecule has 1 saturated heterocycles. The van der Waals surface area contributed by atoms with Gasteiger partial charge in [-0.25, -0.2) is 8.78 Å². The normalized spacial score (nSPS) is 14.2. The molecule has 1 aromatic heterocycles. The van der Waals surface area contributed by atoms with Crippen molar-refractivity contribution in [3.63, 3.8) is 0 Å². The summed E-state index contributed by atoms with van der Waals surface area (Å²) in [5.41, 5.74) is 2.15. The molecule has 0 aliphatic carbocycles.